The molecule has 2 aromatic rings. The van der Waals surface area contributed by atoms with Crippen LogP contribution < -0.4 is 10.0 Å². The summed E-state index contributed by atoms with van der Waals surface area (Å²) in [5.41, 5.74) is 0.375. The molecule has 1 unspecified atom stereocenters. The van der Waals surface area contributed by atoms with Crippen molar-refractivity contribution in [3.05, 3.63) is 57.7 Å². The number of nitrogens with one attached hydrogen (secondary N) is 1. The van der Waals surface area contributed by atoms with Gasteiger partial charge in [0.25, 0.3) is 5.91 Å². The zero-order valence-corrected chi connectivity index (χ0v) is 11.7. The Morgan fingerprint density at radius 1 is 1.37 bits per heavy atom. The van der Waals surface area contributed by atoms with E-state index >= 15 is 0 Å². The van der Waals surface area contributed by atoms with Gasteiger partial charge in [-0.25, -0.2) is 0 Å². The Morgan fingerprint density at radius 3 is 2.74 bits per heavy atom. The summed E-state index contributed by atoms with van der Waals surface area (Å²) < 4.78 is 0.629. The van der Waals surface area contributed by atoms with Crippen molar-refractivity contribution >= 4 is 17.2 Å². The molecule has 0 aromatic carbocycles. The van der Waals surface area contributed by atoms with E-state index in [1.165, 1.54) is 12.4 Å². The Hall–Kier alpha value is -1.88. The van der Waals surface area contributed by atoms with Crippen molar-refractivity contribution in [3.8, 4) is 0 Å². The quantitative estimate of drug-likeness (QED) is 0.689. The summed E-state index contributed by atoms with van der Waals surface area (Å²) in [6.45, 7) is 4.12. The van der Waals surface area contributed by atoms with E-state index in [-0.39, 0.29) is 17.9 Å². The highest BCUT2D eigenvalue weighted by atomic mass is 32.1. The molecular formula is C14H16N2O2S. The second kappa shape index (κ2) is 5.84. The number of thiophene rings is 1. The third kappa shape index (κ3) is 3.32. The first-order valence-corrected chi connectivity index (χ1v) is 6.99. The van der Waals surface area contributed by atoms with Crippen molar-refractivity contribution in [2.75, 3.05) is 0 Å². The second-order valence-corrected chi connectivity index (χ2v) is 5.64. The van der Waals surface area contributed by atoms with Gasteiger partial charge in [0.1, 0.15) is 5.56 Å². The molecule has 0 radical (unpaired) electrons. The van der Waals surface area contributed by atoms with E-state index in [0.29, 0.717) is 10.3 Å². The van der Waals surface area contributed by atoms with Crippen molar-refractivity contribution in [1.82, 2.24) is 5.32 Å². The fraction of sp³-hybridized carbons (Fsp3) is 0.286. The summed E-state index contributed by atoms with van der Waals surface area (Å²) in [6.07, 6.45) is 2.64. The van der Waals surface area contributed by atoms with Crippen LogP contribution in [0.25, 0.3) is 0 Å². The van der Waals surface area contributed by atoms with Crippen LogP contribution in [0.15, 0.2) is 42.0 Å². The minimum atomic E-state index is -0.225. The predicted molar refractivity (Wildman–Crippen MR) is 74.8 cm³/mol. The molecule has 100 valence electrons. The lowest BCUT2D eigenvalue weighted by Crippen LogP contribution is -2.33. The Morgan fingerprint density at radius 2 is 2.16 bits per heavy atom. The van der Waals surface area contributed by atoms with E-state index in [4.69, 9.17) is 0 Å². The van der Waals surface area contributed by atoms with Gasteiger partial charge in [-0.05, 0) is 23.4 Å². The molecule has 2 heterocycles. The number of aromatic nitrogens is 1. The van der Waals surface area contributed by atoms with E-state index in [0.717, 1.165) is 4.88 Å². The SMILES string of the molecule is CC(C)C(NC(=O)c1ccc[n+]([O-])c1)c1cccs1. The molecule has 2 aromatic heterocycles. The van der Waals surface area contributed by atoms with Crippen molar-refractivity contribution in [3.63, 3.8) is 0 Å². The van der Waals surface area contributed by atoms with Crippen molar-refractivity contribution in [2.45, 2.75) is 19.9 Å². The number of rotatable bonds is 4. The van der Waals surface area contributed by atoms with Crippen LogP contribution in [0.2, 0.25) is 0 Å². The van der Waals surface area contributed by atoms with E-state index in [1.54, 1.807) is 23.5 Å². The summed E-state index contributed by atoms with van der Waals surface area (Å²) in [4.78, 5) is 13.3. The van der Waals surface area contributed by atoms with Crippen LogP contribution in [0.5, 0.6) is 0 Å². The molecule has 0 fully saturated rings. The van der Waals surface area contributed by atoms with Crippen molar-refractivity contribution in [2.24, 2.45) is 5.92 Å². The lowest BCUT2D eigenvalue weighted by molar-refractivity contribution is -0.605. The lowest BCUT2D eigenvalue weighted by Gasteiger charge is -2.21. The molecule has 4 nitrogen and oxygen atoms in total. The Balaban J connectivity index is 2.16. The highest BCUT2D eigenvalue weighted by molar-refractivity contribution is 7.10. The fourth-order valence-corrected chi connectivity index (χ4v) is 2.80. The second-order valence-electron chi connectivity index (χ2n) is 4.66. The van der Waals surface area contributed by atoms with Crippen molar-refractivity contribution in [1.29, 1.82) is 0 Å². The standard InChI is InChI=1S/C14H16N2O2S/c1-10(2)13(12-6-4-8-19-12)15-14(17)11-5-3-7-16(18)9-11/h3-10,13H,1-2H3,(H,15,17). The van der Waals surface area contributed by atoms with Crippen LogP contribution in [0.1, 0.15) is 35.1 Å². The molecule has 5 heteroatoms. The average molecular weight is 276 g/mol. The van der Waals surface area contributed by atoms with Crippen LogP contribution in [0.3, 0.4) is 0 Å². The van der Waals surface area contributed by atoms with Gasteiger partial charge < -0.3 is 10.5 Å². The molecule has 0 bridgehead atoms. The van der Waals surface area contributed by atoms with Crippen LogP contribution >= 0.6 is 11.3 Å². The number of hydrogen-bond donors (Lipinski definition) is 1. The molecule has 0 spiro atoms. The van der Waals surface area contributed by atoms with Gasteiger partial charge in [0.15, 0.2) is 12.4 Å². The molecule has 1 N–H and O–H groups in total. The van der Waals surface area contributed by atoms with E-state index in [9.17, 15) is 10.0 Å². The minimum absolute atomic E-state index is 0.0344. The number of hydrogen-bond acceptors (Lipinski definition) is 3. The summed E-state index contributed by atoms with van der Waals surface area (Å²) in [5.74, 6) is 0.0583. The Kier molecular flexibility index (Phi) is 4.16. The van der Waals surface area contributed by atoms with E-state index < -0.39 is 0 Å². The topological polar surface area (TPSA) is 56.0 Å². The first-order chi connectivity index (χ1) is 9.08. The molecule has 0 saturated carbocycles. The van der Waals surface area contributed by atoms with Crippen molar-refractivity contribution < 1.29 is 9.52 Å². The fourth-order valence-electron chi connectivity index (χ4n) is 1.85. The van der Waals surface area contributed by atoms with Crippen LogP contribution in [0.4, 0.5) is 0 Å². The summed E-state index contributed by atoms with van der Waals surface area (Å²) in [5, 5.41) is 16.2. The highest BCUT2D eigenvalue weighted by Crippen LogP contribution is 2.25. The van der Waals surface area contributed by atoms with Gasteiger partial charge in [-0.1, -0.05) is 19.9 Å². The molecule has 0 aliphatic heterocycles. The lowest BCUT2D eigenvalue weighted by atomic mass is 10.0. The molecule has 1 atom stereocenters. The van der Waals surface area contributed by atoms with Gasteiger partial charge in [-0.2, -0.15) is 4.73 Å². The molecule has 2 rings (SSSR count). The van der Waals surface area contributed by atoms with Gasteiger partial charge >= 0.3 is 0 Å². The Bertz CT molecular complexity index is 552. The summed E-state index contributed by atoms with van der Waals surface area (Å²) in [6, 6.07) is 7.14. The number of amides is 1. The monoisotopic (exact) mass is 276 g/mol. The van der Waals surface area contributed by atoms with Crippen LogP contribution in [-0.2, 0) is 0 Å². The predicted octanol–water partition coefficient (Wildman–Crippen LogP) is 2.51. The smallest absolute Gasteiger partial charge is 0.257 e. The Labute approximate surface area is 116 Å². The maximum absolute atomic E-state index is 12.1. The number of carbonyl (C=O) groups excluding carboxylic acids is 1. The summed E-state index contributed by atoms with van der Waals surface area (Å²) >= 11 is 1.62. The molecule has 1 amide bonds. The molecule has 19 heavy (non-hydrogen) atoms. The first kappa shape index (κ1) is 13.5. The first-order valence-electron chi connectivity index (χ1n) is 6.11. The van der Waals surface area contributed by atoms with Gasteiger partial charge in [0.05, 0.1) is 6.04 Å². The molecule has 0 aliphatic carbocycles. The zero-order chi connectivity index (χ0) is 13.8. The maximum atomic E-state index is 12.1. The molecule has 0 saturated heterocycles. The van der Waals surface area contributed by atoms with Crippen LogP contribution in [0, 0.1) is 11.1 Å². The largest absolute Gasteiger partial charge is 0.619 e. The van der Waals surface area contributed by atoms with Crippen LogP contribution in [-0.4, -0.2) is 5.91 Å². The maximum Gasteiger partial charge on any atom is 0.257 e. The van der Waals surface area contributed by atoms with Gasteiger partial charge in [-0.3, -0.25) is 4.79 Å². The zero-order valence-electron chi connectivity index (χ0n) is 10.9. The minimum Gasteiger partial charge on any atom is -0.619 e. The van der Waals surface area contributed by atoms with E-state index in [2.05, 4.69) is 19.2 Å². The third-order valence-electron chi connectivity index (χ3n) is 2.84. The number of carbonyl (C=O) groups is 1. The molecular weight excluding hydrogens is 260 g/mol. The van der Waals surface area contributed by atoms with Gasteiger partial charge in [-0.15, -0.1) is 11.3 Å². The van der Waals surface area contributed by atoms with Gasteiger partial charge in [0.2, 0.25) is 0 Å². The van der Waals surface area contributed by atoms with E-state index in [1.807, 2.05) is 17.5 Å². The molecule has 0 aliphatic rings. The summed E-state index contributed by atoms with van der Waals surface area (Å²) in [7, 11) is 0. The normalized spacial score (nSPS) is 12.4. The third-order valence-corrected chi connectivity index (χ3v) is 3.80. The van der Waals surface area contributed by atoms with Gasteiger partial charge in [0, 0.05) is 10.9 Å². The number of nitrogens with zero attached hydrogens (tertiary/aromatic N) is 1. The highest BCUT2D eigenvalue weighted by Gasteiger charge is 2.20. The number of pyridine rings is 1. The average Bonchev–Trinajstić information content (AvgIpc) is 2.88.